The van der Waals surface area contributed by atoms with E-state index in [1.807, 2.05) is 0 Å². The van der Waals surface area contributed by atoms with Gasteiger partial charge < -0.3 is 15.7 Å². The highest BCUT2D eigenvalue weighted by atomic mass is 19.1. The lowest BCUT2D eigenvalue weighted by atomic mass is 10.2. The normalized spacial score (nSPS) is 11.7. The summed E-state index contributed by atoms with van der Waals surface area (Å²) in [5.41, 5.74) is 0.488. The van der Waals surface area contributed by atoms with Gasteiger partial charge >= 0.3 is 12.0 Å². The fourth-order valence-corrected chi connectivity index (χ4v) is 1.24. The molecule has 0 fully saturated rings. The minimum atomic E-state index is -1.00. The van der Waals surface area contributed by atoms with Crippen LogP contribution in [0.25, 0.3) is 0 Å². The van der Waals surface area contributed by atoms with Crippen molar-refractivity contribution in [1.82, 2.24) is 5.32 Å². The molecular weight excluding hydrogens is 239 g/mol. The van der Waals surface area contributed by atoms with Gasteiger partial charge in [0.25, 0.3) is 0 Å². The molecule has 98 valence electrons. The van der Waals surface area contributed by atoms with E-state index in [1.54, 1.807) is 19.1 Å². The Morgan fingerprint density at radius 1 is 1.44 bits per heavy atom. The number of halogens is 1. The molecule has 0 radical (unpaired) electrons. The summed E-state index contributed by atoms with van der Waals surface area (Å²) < 4.78 is 13.6. The summed E-state index contributed by atoms with van der Waals surface area (Å²) in [6.07, 6.45) is 0. The van der Waals surface area contributed by atoms with Crippen molar-refractivity contribution in [2.75, 3.05) is 11.9 Å². The summed E-state index contributed by atoms with van der Waals surface area (Å²) >= 11 is 0. The van der Waals surface area contributed by atoms with Crippen molar-refractivity contribution >= 4 is 17.7 Å². The fraction of sp³-hybridized carbons (Fsp3) is 0.333. The number of carboxylic acids is 1. The van der Waals surface area contributed by atoms with E-state index in [0.717, 1.165) is 0 Å². The first-order chi connectivity index (χ1) is 8.41. The average Bonchev–Trinajstić information content (AvgIpc) is 2.32. The molecule has 1 aromatic rings. The van der Waals surface area contributed by atoms with E-state index >= 15 is 0 Å². The van der Waals surface area contributed by atoms with E-state index in [9.17, 15) is 14.0 Å². The molecule has 0 bridgehead atoms. The quantitative estimate of drug-likeness (QED) is 0.768. The summed E-state index contributed by atoms with van der Waals surface area (Å²) in [6, 6.07) is 4.01. The first-order valence-corrected chi connectivity index (χ1v) is 5.44. The summed E-state index contributed by atoms with van der Waals surface area (Å²) in [7, 11) is 0. The zero-order chi connectivity index (χ0) is 13.7. The summed E-state index contributed by atoms with van der Waals surface area (Å²) in [5, 5.41) is 13.3. The number of amides is 2. The van der Waals surface area contributed by atoms with Gasteiger partial charge in [0, 0.05) is 6.54 Å². The van der Waals surface area contributed by atoms with E-state index in [1.165, 1.54) is 13.0 Å². The molecule has 0 aliphatic heterocycles. The maximum absolute atomic E-state index is 13.6. The zero-order valence-electron chi connectivity index (χ0n) is 10.2. The molecule has 0 saturated carbocycles. The average molecular weight is 254 g/mol. The van der Waals surface area contributed by atoms with Gasteiger partial charge in [0.05, 0.1) is 11.6 Å². The Morgan fingerprint density at radius 3 is 2.72 bits per heavy atom. The molecule has 0 aliphatic carbocycles. The predicted molar refractivity (Wildman–Crippen MR) is 65.0 cm³/mol. The monoisotopic (exact) mass is 254 g/mol. The SMILES string of the molecule is Cc1cccc(NC(=O)NCC(C)C(=O)O)c1F. The molecule has 6 heteroatoms. The number of aryl methyl sites for hydroxylation is 1. The number of anilines is 1. The lowest BCUT2D eigenvalue weighted by Crippen LogP contribution is -2.34. The second-order valence-electron chi connectivity index (χ2n) is 4.01. The third-order valence-electron chi connectivity index (χ3n) is 2.43. The molecular formula is C12H15FN2O3. The van der Waals surface area contributed by atoms with Crippen molar-refractivity contribution in [2.24, 2.45) is 5.92 Å². The van der Waals surface area contributed by atoms with Crippen LogP contribution in [-0.2, 0) is 4.79 Å². The highest BCUT2D eigenvalue weighted by Gasteiger charge is 2.13. The first-order valence-electron chi connectivity index (χ1n) is 5.44. The number of carbonyl (C=O) groups is 2. The smallest absolute Gasteiger partial charge is 0.319 e. The van der Waals surface area contributed by atoms with Crippen molar-refractivity contribution in [3.8, 4) is 0 Å². The highest BCUT2D eigenvalue weighted by molar-refractivity contribution is 5.89. The number of nitrogens with one attached hydrogen (secondary N) is 2. The Bertz CT molecular complexity index is 463. The third-order valence-corrected chi connectivity index (χ3v) is 2.43. The van der Waals surface area contributed by atoms with Gasteiger partial charge in [-0.15, -0.1) is 0 Å². The Hall–Kier alpha value is -2.11. The van der Waals surface area contributed by atoms with Crippen molar-refractivity contribution in [3.05, 3.63) is 29.6 Å². The minimum Gasteiger partial charge on any atom is -0.481 e. The van der Waals surface area contributed by atoms with E-state index in [4.69, 9.17) is 5.11 Å². The number of carbonyl (C=O) groups excluding carboxylic acids is 1. The molecule has 0 heterocycles. The van der Waals surface area contributed by atoms with E-state index in [0.29, 0.717) is 5.56 Å². The van der Waals surface area contributed by atoms with Crippen molar-refractivity contribution in [2.45, 2.75) is 13.8 Å². The second kappa shape index (κ2) is 6.00. The third kappa shape index (κ3) is 3.73. The number of benzene rings is 1. The highest BCUT2D eigenvalue weighted by Crippen LogP contribution is 2.16. The number of hydrogen-bond donors (Lipinski definition) is 3. The Labute approximate surface area is 104 Å². The molecule has 0 spiro atoms. The fourth-order valence-electron chi connectivity index (χ4n) is 1.24. The van der Waals surface area contributed by atoms with Gasteiger partial charge in [-0.05, 0) is 18.6 Å². The van der Waals surface area contributed by atoms with Crippen LogP contribution in [0.1, 0.15) is 12.5 Å². The lowest BCUT2D eigenvalue weighted by molar-refractivity contribution is -0.140. The predicted octanol–water partition coefficient (Wildman–Crippen LogP) is 1.98. The Morgan fingerprint density at radius 2 is 2.11 bits per heavy atom. The van der Waals surface area contributed by atoms with Crippen molar-refractivity contribution in [3.63, 3.8) is 0 Å². The molecule has 1 unspecified atom stereocenters. The maximum Gasteiger partial charge on any atom is 0.319 e. The van der Waals surface area contributed by atoms with Gasteiger partial charge in [-0.1, -0.05) is 19.1 Å². The van der Waals surface area contributed by atoms with Crippen molar-refractivity contribution in [1.29, 1.82) is 0 Å². The van der Waals surface area contributed by atoms with Gasteiger partial charge in [0.1, 0.15) is 5.82 Å². The van der Waals surface area contributed by atoms with E-state index in [2.05, 4.69) is 10.6 Å². The summed E-state index contributed by atoms with van der Waals surface area (Å²) in [5.74, 6) is -2.20. The topological polar surface area (TPSA) is 78.4 Å². The molecule has 0 aliphatic rings. The maximum atomic E-state index is 13.6. The first kappa shape index (κ1) is 14.0. The van der Waals surface area contributed by atoms with Crippen molar-refractivity contribution < 1.29 is 19.1 Å². The van der Waals surface area contributed by atoms with Crippen LogP contribution in [0.2, 0.25) is 0 Å². The molecule has 0 aromatic heterocycles. The summed E-state index contributed by atoms with van der Waals surface area (Å²) in [4.78, 5) is 22.0. The Kier molecular flexibility index (Phi) is 4.65. The van der Waals surface area contributed by atoms with Gasteiger partial charge in [-0.2, -0.15) is 0 Å². The number of urea groups is 1. The molecule has 1 rings (SSSR count). The van der Waals surface area contributed by atoms with Crippen LogP contribution in [0.4, 0.5) is 14.9 Å². The van der Waals surface area contributed by atoms with Gasteiger partial charge in [-0.25, -0.2) is 9.18 Å². The van der Waals surface area contributed by atoms with Crippen LogP contribution in [-0.4, -0.2) is 23.7 Å². The number of carboxylic acid groups (broad SMARTS) is 1. The molecule has 1 atom stereocenters. The van der Waals surface area contributed by atoms with Gasteiger partial charge in [0.15, 0.2) is 0 Å². The summed E-state index contributed by atoms with van der Waals surface area (Å²) in [6.45, 7) is 3.04. The van der Waals surface area contributed by atoms with Crippen LogP contribution in [0.5, 0.6) is 0 Å². The largest absolute Gasteiger partial charge is 0.481 e. The number of aliphatic carboxylic acids is 1. The second-order valence-corrected chi connectivity index (χ2v) is 4.01. The molecule has 3 N–H and O–H groups in total. The van der Waals surface area contributed by atoms with E-state index < -0.39 is 23.7 Å². The Balaban J connectivity index is 2.55. The van der Waals surface area contributed by atoms with Gasteiger partial charge in [0.2, 0.25) is 0 Å². The molecule has 5 nitrogen and oxygen atoms in total. The number of hydrogen-bond acceptors (Lipinski definition) is 2. The van der Waals surface area contributed by atoms with Gasteiger partial charge in [-0.3, -0.25) is 4.79 Å². The van der Waals surface area contributed by atoms with Crippen LogP contribution >= 0.6 is 0 Å². The minimum absolute atomic E-state index is 0.0192. The lowest BCUT2D eigenvalue weighted by Gasteiger charge is -2.11. The van der Waals surface area contributed by atoms with E-state index in [-0.39, 0.29) is 12.2 Å². The van der Waals surface area contributed by atoms with Crippen LogP contribution in [0.15, 0.2) is 18.2 Å². The number of rotatable bonds is 4. The zero-order valence-corrected chi connectivity index (χ0v) is 10.2. The molecule has 2 amide bonds. The van der Waals surface area contributed by atoms with Crippen LogP contribution in [0.3, 0.4) is 0 Å². The molecule has 18 heavy (non-hydrogen) atoms. The van der Waals surface area contributed by atoms with Crippen LogP contribution < -0.4 is 10.6 Å². The van der Waals surface area contributed by atoms with Crippen LogP contribution in [0, 0.1) is 18.7 Å². The standard InChI is InChI=1S/C12H15FN2O3/c1-7-4-3-5-9(10(7)13)15-12(18)14-6-8(2)11(16)17/h3-5,8H,6H2,1-2H3,(H,16,17)(H2,14,15,18). The molecule has 1 aromatic carbocycles. The molecule has 0 saturated heterocycles.